The Morgan fingerprint density at radius 3 is 2.00 bits per heavy atom. The maximum absolute atomic E-state index is 13.0. The summed E-state index contributed by atoms with van der Waals surface area (Å²) in [7, 11) is -4.72. The number of unbranched alkanes of at least 4 members (excludes halogenated alkanes) is 3. The van der Waals surface area contributed by atoms with E-state index in [9.17, 15) is 26.1 Å². The van der Waals surface area contributed by atoms with Crippen LogP contribution in [0.2, 0.25) is 0 Å². The molecule has 0 radical (unpaired) electrons. The molecule has 0 saturated heterocycles. The van der Waals surface area contributed by atoms with E-state index in [2.05, 4.69) is 0 Å². The van der Waals surface area contributed by atoms with Crippen molar-refractivity contribution in [1.82, 2.24) is 0 Å². The second-order valence-corrected chi connectivity index (χ2v) is 5.10. The summed E-state index contributed by atoms with van der Waals surface area (Å²) < 4.78 is 68.0. The van der Waals surface area contributed by atoms with Crippen LogP contribution in [0.25, 0.3) is 0 Å². The summed E-state index contributed by atoms with van der Waals surface area (Å²) in [5, 5.41) is 0. The molecule has 0 spiro atoms. The molecule has 17 heavy (non-hydrogen) atoms. The predicted octanol–water partition coefficient (Wildman–Crippen LogP) is -0.868. The normalized spacial score (nSPS) is 15.1. The smallest absolute Gasteiger partial charge is 0.748 e. The fourth-order valence-corrected chi connectivity index (χ4v) is 1.87. The zero-order valence-corrected chi connectivity index (χ0v) is 10.7. The van der Waals surface area contributed by atoms with E-state index in [4.69, 9.17) is 0 Å². The third-order valence-electron chi connectivity index (χ3n) is 2.12. The Morgan fingerprint density at radius 2 is 1.53 bits per heavy atom. The quantitative estimate of drug-likeness (QED) is 0.310. The first kappa shape index (κ1) is 19.6. The van der Waals surface area contributed by atoms with Crippen LogP contribution in [0.3, 0.4) is 0 Å². The van der Waals surface area contributed by atoms with Crippen molar-refractivity contribution >= 4 is 10.1 Å². The molecule has 0 amide bonds. The third kappa shape index (κ3) is 12.5. The van der Waals surface area contributed by atoms with Crippen molar-refractivity contribution in [3.63, 3.8) is 0 Å². The van der Waals surface area contributed by atoms with Crippen molar-refractivity contribution in [1.29, 1.82) is 0 Å². The Morgan fingerprint density at radius 1 is 1.00 bits per heavy atom. The van der Waals surface area contributed by atoms with Crippen LogP contribution in [-0.4, -0.2) is 37.7 Å². The zero-order chi connectivity index (χ0) is 12.6. The monoisotopic (exact) mass is 268 g/mol. The van der Waals surface area contributed by atoms with Gasteiger partial charge in [0.2, 0.25) is 0 Å². The summed E-state index contributed by atoms with van der Waals surface area (Å²) in [5.74, 6) is -1.32. The molecule has 0 bridgehead atoms. The average Bonchev–Trinajstić information content (AvgIpc) is 2.14. The summed E-state index contributed by atoms with van der Waals surface area (Å²) in [4.78, 5) is 0. The topological polar surface area (TPSA) is 57.2 Å². The van der Waals surface area contributed by atoms with Gasteiger partial charge in [-0.05, 0) is 12.8 Å². The van der Waals surface area contributed by atoms with Crippen LogP contribution < -0.4 is 18.9 Å². The Bertz CT molecular complexity index is 275. The van der Waals surface area contributed by atoms with E-state index in [0.29, 0.717) is 25.7 Å². The van der Waals surface area contributed by atoms with Crippen molar-refractivity contribution in [3.05, 3.63) is 0 Å². The van der Waals surface area contributed by atoms with Gasteiger partial charge in [-0.25, -0.2) is 17.2 Å². The van der Waals surface area contributed by atoms with E-state index >= 15 is 0 Å². The van der Waals surface area contributed by atoms with Gasteiger partial charge in [-0.2, -0.15) is 0 Å². The van der Waals surface area contributed by atoms with Gasteiger partial charge in [-0.15, -0.1) is 0 Å². The van der Waals surface area contributed by atoms with Crippen molar-refractivity contribution in [2.75, 3.05) is 12.4 Å². The molecule has 8 heteroatoms. The summed E-state index contributed by atoms with van der Waals surface area (Å²) in [6.07, 6.45) is -2.41. The van der Waals surface area contributed by atoms with Crippen LogP contribution in [0.4, 0.5) is 13.2 Å². The first-order chi connectivity index (χ1) is 7.37. The van der Waals surface area contributed by atoms with Crippen LogP contribution >= 0.6 is 0 Å². The molecule has 3 nitrogen and oxygen atoms in total. The Balaban J connectivity index is 0. The van der Waals surface area contributed by atoms with Crippen LogP contribution in [0, 0.1) is 0 Å². The molecule has 0 aromatic heterocycles. The summed E-state index contributed by atoms with van der Waals surface area (Å²) >= 11 is 0. The molecule has 0 heterocycles. The van der Waals surface area contributed by atoms with E-state index < -0.39 is 34.9 Å². The largest absolute Gasteiger partial charge is 1.00 e. The van der Waals surface area contributed by atoms with Crippen LogP contribution in [0.15, 0.2) is 0 Å². The second kappa shape index (κ2) is 10.2. The maximum Gasteiger partial charge on any atom is 1.00 e. The number of hydrogen-bond acceptors (Lipinski definition) is 3. The molecule has 0 aromatic carbocycles. The molecule has 0 aliphatic carbocycles. The molecule has 0 saturated carbocycles. The van der Waals surface area contributed by atoms with Crippen molar-refractivity contribution in [3.8, 4) is 0 Å². The van der Waals surface area contributed by atoms with Gasteiger partial charge in [-0.1, -0.05) is 19.3 Å². The molecule has 0 fully saturated rings. The van der Waals surface area contributed by atoms with Crippen molar-refractivity contribution < 1.29 is 45.0 Å². The predicted molar refractivity (Wildman–Crippen MR) is 53.4 cm³/mol. The Hall–Kier alpha value is 0.297. The molecule has 0 aliphatic rings. The molecule has 0 aromatic rings. The molecule has 0 aliphatic heterocycles. The van der Waals surface area contributed by atoms with E-state index in [0.717, 1.165) is 0 Å². The number of alkyl halides is 3. The van der Waals surface area contributed by atoms with Gasteiger partial charge in [0.15, 0.2) is 0 Å². The SMILES string of the molecule is O=S(=O)([O-])CC(F)C(F)CCCCCCF.[Li+]. The van der Waals surface area contributed by atoms with Crippen molar-refractivity contribution in [2.24, 2.45) is 0 Å². The van der Waals surface area contributed by atoms with Gasteiger partial charge in [0, 0.05) is 0 Å². The van der Waals surface area contributed by atoms with Crippen molar-refractivity contribution in [2.45, 2.75) is 44.4 Å². The Labute approximate surface area is 112 Å². The minimum absolute atomic E-state index is 0. The standard InChI is InChI=1S/C9H17F3O3S.Li/c10-6-4-2-1-3-5-8(11)9(12)7-16(13,14)15;/h8-9H,1-7H2,(H,13,14,15);/q;+1/p-1. The Kier molecular flexibility index (Phi) is 11.8. The molecule has 2 atom stereocenters. The van der Waals surface area contributed by atoms with Crippen LogP contribution in [0.1, 0.15) is 32.1 Å². The van der Waals surface area contributed by atoms with Gasteiger partial charge in [0.1, 0.15) is 12.3 Å². The van der Waals surface area contributed by atoms with Crippen LogP contribution in [-0.2, 0) is 10.1 Å². The fourth-order valence-electron chi connectivity index (χ4n) is 1.27. The van der Waals surface area contributed by atoms with Gasteiger partial charge in [0.25, 0.3) is 0 Å². The average molecular weight is 268 g/mol. The molecule has 2 unspecified atom stereocenters. The summed E-state index contributed by atoms with van der Waals surface area (Å²) in [6.45, 7) is -0.431. The van der Waals surface area contributed by atoms with Gasteiger partial charge < -0.3 is 4.55 Å². The molecule has 98 valence electrons. The van der Waals surface area contributed by atoms with Gasteiger partial charge in [-0.3, -0.25) is 4.39 Å². The first-order valence-electron chi connectivity index (χ1n) is 5.14. The van der Waals surface area contributed by atoms with Crippen LogP contribution in [0.5, 0.6) is 0 Å². The minimum Gasteiger partial charge on any atom is -0.748 e. The molecular formula is C9H16F3LiO3S. The summed E-state index contributed by atoms with van der Waals surface area (Å²) in [5.41, 5.74) is 0. The number of halogens is 3. The maximum atomic E-state index is 13.0. The molecular weight excluding hydrogens is 252 g/mol. The molecule has 0 rings (SSSR count). The van der Waals surface area contributed by atoms with E-state index in [-0.39, 0.29) is 25.3 Å². The fraction of sp³-hybridized carbons (Fsp3) is 1.00. The van der Waals surface area contributed by atoms with E-state index in [1.54, 1.807) is 0 Å². The van der Waals surface area contributed by atoms with Gasteiger partial charge in [0.05, 0.1) is 22.5 Å². The minimum atomic E-state index is -4.72. The zero-order valence-electron chi connectivity index (χ0n) is 9.87. The van der Waals surface area contributed by atoms with Gasteiger partial charge >= 0.3 is 18.9 Å². The second-order valence-electron chi connectivity index (χ2n) is 3.65. The third-order valence-corrected chi connectivity index (χ3v) is 2.85. The summed E-state index contributed by atoms with van der Waals surface area (Å²) in [6, 6.07) is 0. The van der Waals surface area contributed by atoms with E-state index in [1.165, 1.54) is 0 Å². The molecule has 0 N–H and O–H groups in total. The van der Waals surface area contributed by atoms with E-state index in [1.807, 2.05) is 0 Å². The first-order valence-corrected chi connectivity index (χ1v) is 6.72. The number of hydrogen-bond donors (Lipinski definition) is 0. The number of rotatable bonds is 9.